The number of halogens is 3. The number of hydrogen-bond donors (Lipinski definition) is 0. The maximum Gasteiger partial charge on any atom is 0.233 e. The summed E-state index contributed by atoms with van der Waals surface area (Å²) in [6, 6.07) is 13.7. The van der Waals surface area contributed by atoms with Crippen LogP contribution in [0.2, 0.25) is 5.02 Å². The van der Waals surface area contributed by atoms with Gasteiger partial charge < -0.3 is 4.42 Å². The fraction of sp³-hybridized carbons (Fsp3) is 0.0526. The summed E-state index contributed by atoms with van der Waals surface area (Å²) in [5.41, 5.74) is 3.24. The number of oxazole rings is 1. The Morgan fingerprint density at radius 2 is 1.88 bits per heavy atom. The quantitative estimate of drug-likeness (QED) is 0.418. The van der Waals surface area contributed by atoms with Gasteiger partial charge in [-0.1, -0.05) is 11.6 Å². The van der Waals surface area contributed by atoms with Gasteiger partial charge in [0, 0.05) is 10.6 Å². The molecule has 2 aromatic heterocycles. The molecular formula is C19H12BrClFN2O+. The maximum atomic E-state index is 13.1. The van der Waals surface area contributed by atoms with E-state index in [9.17, 15) is 4.39 Å². The zero-order chi connectivity index (χ0) is 17.4. The fourth-order valence-corrected chi connectivity index (χ4v) is 3.31. The highest BCUT2D eigenvalue weighted by Gasteiger charge is 2.14. The second kappa shape index (κ2) is 6.58. The summed E-state index contributed by atoms with van der Waals surface area (Å²) in [7, 11) is 0. The summed E-state index contributed by atoms with van der Waals surface area (Å²) in [5, 5.41) is 0.618. The summed E-state index contributed by atoms with van der Waals surface area (Å²) in [4.78, 5) is 4.51. The minimum Gasteiger partial charge on any atom is -0.436 e. The number of benzene rings is 2. The molecule has 0 fully saturated rings. The monoisotopic (exact) mass is 417 g/mol. The van der Waals surface area contributed by atoms with E-state index in [0.717, 1.165) is 15.6 Å². The molecule has 25 heavy (non-hydrogen) atoms. The lowest BCUT2D eigenvalue weighted by Gasteiger charge is -2.01. The van der Waals surface area contributed by atoms with Crippen molar-refractivity contribution < 1.29 is 13.4 Å². The summed E-state index contributed by atoms with van der Waals surface area (Å²) < 4.78 is 21.8. The highest BCUT2D eigenvalue weighted by atomic mass is 79.9. The van der Waals surface area contributed by atoms with E-state index in [0.29, 0.717) is 28.6 Å². The van der Waals surface area contributed by atoms with Crippen LogP contribution in [0.3, 0.4) is 0 Å². The minimum absolute atomic E-state index is 0.242. The molecule has 0 radical (unpaired) electrons. The zero-order valence-electron chi connectivity index (χ0n) is 12.9. The molecule has 0 aliphatic heterocycles. The van der Waals surface area contributed by atoms with Crippen LogP contribution in [0.4, 0.5) is 4.39 Å². The lowest BCUT2D eigenvalue weighted by molar-refractivity contribution is -0.688. The lowest BCUT2D eigenvalue weighted by Crippen LogP contribution is -2.33. The third-order valence-electron chi connectivity index (χ3n) is 3.76. The predicted octanol–water partition coefficient (Wildman–Crippen LogP) is 5.39. The molecule has 0 aliphatic rings. The highest BCUT2D eigenvalue weighted by Crippen LogP contribution is 2.26. The lowest BCUT2D eigenvalue weighted by atomic mass is 10.2. The molecule has 0 bridgehead atoms. The first kappa shape index (κ1) is 16.2. The number of hydrogen-bond acceptors (Lipinski definition) is 2. The Morgan fingerprint density at radius 3 is 2.68 bits per heavy atom. The number of fused-ring (bicyclic) bond motifs is 1. The molecule has 3 nitrogen and oxygen atoms in total. The first-order valence-corrected chi connectivity index (χ1v) is 8.74. The van der Waals surface area contributed by atoms with Crippen molar-refractivity contribution in [3.05, 3.63) is 81.8 Å². The number of nitrogens with zero attached hydrogens (tertiary/aromatic N) is 2. The molecule has 0 saturated heterocycles. The molecule has 2 heterocycles. The molecule has 4 aromatic rings. The second-order valence-electron chi connectivity index (χ2n) is 5.67. The Labute approximate surface area is 156 Å². The van der Waals surface area contributed by atoms with Crippen LogP contribution in [0.15, 0.2) is 69.8 Å². The molecule has 0 unspecified atom stereocenters. The van der Waals surface area contributed by atoms with Crippen molar-refractivity contribution in [2.45, 2.75) is 6.54 Å². The average molecular weight is 419 g/mol. The Hall–Kier alpha value is -2.24. The van der Waals surface area contributed by atoms with Crippen LogP contribution in [0.25, 0.3) is 22.6 Å². The molecule has 0 saturated carbocycles. The molecule has 2 aromatic carbocycles. The third kappa shape index (κ3) is 3.57. The third-order valence-corrected chi connectivity index (χ3v) is 4.43. The molecule has 0 spiro atoms. The van der Waals surface area contributed by atoms with Crippen molar-refractivity contribution in [3.63, 3.8) is 0 Å². The van der Waals surface area contributed by atoms with Crippen molar-refractivity contribution >= 4 is 38.6 Å². The molecule has 0 N–H and O–H groups in total. The maximum absolute atomic E-state index is 13.1. The molecule has 124 valence electrons. The molecule has 0 aliphatic carbocycles. The topological polar surface area (TPSA) is 29.9 Å². The van der Waals surface area contributed by atoms with Gasteiger partial charge in [0.1, 0.15) is 16.9 Å². The van der Waals surface area contributed by atoms with Crippen LogP contribution < -0.4 is 4.57 Å². The molecule has 6 heteroatoms. The van der Waals surface area contributed by atoms with Gasteiger partial charge in [0.15, 0.2) is 24.5 Å². The van der Waals surface area contributed by atoms with Gasteiger partial charge in [-0.15, -0.1) is 0 Å². The first-order chi connectivity index (χ1) is 12.1. The van der Waals surface area contributed by atoms with Crippen LogP contribution in [-0.2, 0) is 6.54 Å². The predicted molar refractivity (Wildman–Crippen MR) is 97.9 cm³/mol. The number of pyridine rings is 1. The summed E-state index contributed by atoms with van der Waals surface area (Å²) in [6.07, 6.45) is 3.90. The number of aromatic nitrogens is 2. The van der Waals surface area contributed by atoms with Crippen LogP contribution in [-0.4, -0.2) is 4.98 Å². The average Bonchev–Trinajstić information content (AvgIpc) is 3.00. The SMILES string of the molecule is Fc1ccc(C[n+]2cc(Br)cc(-c3nc4cc(Cl)ccc4o3)c2)cc1. The van der Waals surface area contributed by atoms with E-state index in [1.54, 1.807) is 30.3 Å². The van der Waals surface area contributed by atoms with Crippen molar-refractivity contribution in [2.24, 2.45) is 0 Å². The zero-order valence-corrected chi connectivity index (χ0v) is 15.3. The van der Waals surface area contributed by atoms with Crippen molar-refractivity contribution in [1.29, 1.82) is 0 Å². The smallest absolute Gasteiger partial charge is 0.233 e. The fourth-order valence-electron chi connectivity index (χ4n) is 2.63. The van der Waals surface area contributed by atoms with Crippen LogP contribution in [0, 0.1) is 5.82 Å². The van der Waals surface area contributed by atoms with Crippen LogP contribution in [0.1, 0.15) is 5.56 Å². The van der Waals surface area contributed by atoms with Crippen molar-refractivity contribution in [2.75, 3.05) is 0 Å². The second-order valence-corrected chi connectivity index (χ2v) is 7.02. The Morgan fingerprint density at radius 1 is 1.08 bits per heavy atom. The van der Waals surface area contributed by atoms with Gasteiger partial charge in [0.05, 0.1) is 4.47 Å². The molecule has 0 amide bonds. The normalized spacial score (nSPS) is 11.2. The Kier molecular flexibility index (Phi) is 4.27. The largest absolute Gasteiger partial charge is 0.436 e. The minimum atomic E-state index is -0.242. The van der Waals surface area contributed by atoms with E-state index in [2.05, 4.69) is 20.9 Å². The van der Waals surface area contributed by atoms with Gasteiger partial charge >= 0.3 is 0 Å². The Bertz CT molecular complexity index is 1060. The van der Waals surface area contributed by atoms with Gasteiger partial charge in [-0.2, -0.15) is 4.57 Å². The standard InChI is InChI=1S/C19H12BrClFN2O/c20-14-7-13(19-23-17-8-15(21)3-6-18(17)25-19)10-24(11-14)9-12-1-4-16(22)5-2-12/h1-8,10-11H,9H2/q+1. The van der Waals surface area contributed by atoms with Crippen LogP contribution >= 0.6 is 27.5 Å². The van der Waals surface area contributed by atoms with E-state index in [4.69, 9.17) is 16.0 Å². The summed E-state index contributed by atoms with van der Waals surface area (Å²) >= 11 is 9.53. The van der Waals surface area contributed by atoms with E-state index >= 15 is 0 Å². The summed E-state index contributed by atoms with van der Waals surface area (Å²) in [5.74, 6) is 0.278. The molecule has 0 atom stereocenters. The highest BCUT2D eigenvalue weighted by molar-refractivity contribution is 9.10. The van der Waals surface area contributed by atoms with Gasteiger partial charge in [-0.25, -0.2) is 9.37 Å². The van der Waals surface area contributed by atoms with Crippen molar-refractivity contribution in [1.82, 2.24) is 4.98 Å². The van der Waals surface area contributed by atoms with Crippen molar-refractivity contribution in [3.8, 4) is 11.5 Å². The van der Waals surface area contributed by atoms with E-state index in [-0.39, 0.29) is 5.82 Å². The summed E-state index contributed by atoms with van der Waals surface area (Å²) in [6.45, 7) is 0.610. The van der Waals surface area contributed by atoms with E-state index in [1.165, 1.54) is 12.1 Å². The van der Waals surface area contributed by atoms with E-state index < -0.39 is 0 Å². The number of rotatable bonds is 3. The van der Waals surface area contributed by atoms with Gasteiger partial charge in [-0.3, -0.25) is 0 Å². The molecule has 4 rings (SSSR count). The van der Waals surface area contributed by atoms with Gasteiger partial charge in [0.25, 0.3) is 0 Å². The molecular weight excluding hydrogens is 407 g/mol. The van der Waals surface area contributed by atoms with Gasteiger partial charge in [0.2, 0.25) is 5.89 Å². The first-order valence-electron chi connectivity index (χ1n) is 7.57. The van der Waals surface area contributed by atoms with Crippen LogP contribution in [0.5, 0.6) is 0 Å². The van der Waals surface area contributed by atoms with E-state index in [1.807, 2.05) is 23.0 Å². The van der Waals surface area contributed by atoms with Gasteiger partial charge in [-0.05, 0) is 64.5 Å². The Balaban J connectivity index is 1.71.